The van der Waals surface area contributed by atoms with E-state index in [0.717, 1.165) is 5.56 Å². The molecule has 6 nitrogen and oxygen atoms in total. The molecule has 2 rings (SSSR count). The van der Waals surface area contributed by atoms with Gasteiger partial charge in [-0.1, -0.05) is 18.2 Å². The van der Waals surface area contributed by atoms with Gasteiger partial charge in [-0.3, -0.25) is 9.59 Å². The van der Waals surface area contributed by atoms with Crippen molar-refractivity contribution in [1.82, 2.24) is 9.80 Å². The summed E-state index contributed by atoms with van der Waals surface area (Å²) >= 11 is 0. The molecule has 1 saturated heterocycles. The molecule has 2 atom stereocenters. The summed E-state index contributed by atoms with van der Waals surface area (Å²) in [6.45, 7) is 0.884. The van der Waals surface area contributed by atoms with Crippen LogP contribution in [-0.2, 0) is 14.3 Å². The van der Waals surface area contributed by atoms with Crippen LogP contribution in [0.3, 0.4) is 0 Å². The highest BCUT2D eigenvalue weighted by Crippen LogP contribution is 2.41. The Morgan fingerprint density at radius 2 is 2.00 bits per heavy atom. The molecule has 0 N–H and O–H groups in total. The quantitative estimate of drug-likeness (QED) is 0.795. The number of hydrogen-bond acceptors (Lipinski definition) is 4. The van der Waals surface area contributed by atoms with Crippen molar-refractivity contribution in [2.75, 3.05) is 41.5 Å². The molecule has 6 heteroatoms. The number of amides is 2. The van der Waals surface area contributed by atoms with Gasteiger partial charge >= 0.3 is 0 Å². The largest absolute Gasteiger partial charge is 0.496 e. The molecule has 2 amide bonds. The first kappa shape index (κ1) is 18.3. The van der Waals surface area contributed by atoms with E-state index in [1.165, 1.54) is 0 Å². The molecule has 24 heavy (non-hydrogen) atoms. The van der Waals surface area contributed by atoms with Crippen molar-refractivity contribution in [3.05, 3.63) is 29.8 Å². The van der Waals surface area contributed by atoms with Crippen molar-refractivity contribution in [1.29, 1.82) is 0 Å². The maximum Gasteiger partial charge on any atom is 0.227 e. The lowest BCUT2D eigenvalue weighted by atomic mass is 9.83. The van der Waals surface area contributed by atoms with Gasteiger partial charge in [0.05, 0.1) is 25.7 Å². The van der Waals surface area contributed by atoms with Crippen molar-refractivity contribution in [3.8, 4) is 5.75 Å². The van der Waals surface area contributed by atoms with E-state index in [4.69, 9.17) is 9.47 Å². The average Bonchev–Trinajstić information content (AvgIpc) is 2.59. The van der Waals surface area contributed by atoms with Crippen molar-refractivity contribution in [3.63, 3.8) is 0 Å². The number of methoxy groups -OCH3 is 2. The molecule has 132 valence electrons. The number of para-hydroxylation sites is 1. The molecule has 0 aliphatic carbocycles. The molecule has 1 heterocycles. The zero-order valence-electron chi connectivity index (χ0n) is 14.8. The molecule has 0 bridgehead atoms. The van der Waals surface area contributed by atoms with Crippen LogP contribution in [0.5, 0.6) is 5.75 Å². The maximum atomic E-state index is 12.7. The number of benzene rings is 1. The van der Waals surface area contributed by atoms with Gasteiger partial charge in [0.1, 0.15) is 5.75 Å². The lowest BCUT2D eigenvalue weighted by Gasteiger charge is -2.41. The number of likely N-dealkylation sites (tertiary alicyclic amines) is 1. The van der Waals surface area contributed by atoms with Crippen LogP contribution in [0.15, 0.2) is 24.3 Å². The van der Waals surface area contributed by atoms with E-state index in [2.05, 4.69) is 0 Å². The topological polar surface area (TPSA) is 59.1 Å². The van der Waals surface area contributed by atoms with E-state index in [1.807, 2.05) is 24.3 Å². The molecule has 1 aromatic rings. The normalized spacial score (nSPS) is 20.8. The summed E-state index contributed by atoms with van der Waals surface area (Å²) in [6.07, 6.45) is 0.918. The highest BCUT2D eigenvalue weighted by molar-refractivity contribution is 5.85. The Morgan fingerprint density at radius 3 is 2.62 bits per heavy atom. The molecule has 1 aliphatic rings. The number of hydrogen-bond donors (Lipinski definition) is 0. The van der Waals surface area contributed by atoms with Crippen molar-refractivity contribution >= 4 is 11.8 Å². The fourth-order valence-corrected chi connectivity index (χ4v) is 3.29. The summed E-state index contributed by atoms with van der Waals surface area (Å²) in [5.41, 5.74) is 0.865. The average molecular weight is 334 g/mol. The van der Waals surface area contributed by atoms with Gasteiger partial charge in [-0.25, -0.2) is 0 Å². The number of rotatable bonds is 6. The van der Waals surface area contributed by atoms with Gasteiger partial charge in [0.15, 0.2) is 0 Å². The number of nitrogens with zero attached hydrogens (tertiary/aromatic N) is 2. The van der Waals surface area contributed by atoms with Gasteiger partial charge < -0.3 is 19.3 Å². The highest BCUT2D eigenvalue weighted by atomic mass is 16.5. The van der Waals surface area contributed by atoms with Crippen LogP contribution in [-0.4, -0.2) is 63.1 Å². The third kappa shape index (κ3) is 3.70. The Morgan fingerprint density at radius 1 is 1.29 bits per heavy atom. The Hall–Kier alpha value is -2.08. The molecule has 0 aromatic heterocycles. The van der Waals surface area contributed by atoms with E-state index in [-0.39, 0.29) is 23.8 Å². The fraction of sp³-hybridized carbons (Fsp3) is 0.556. The third-order valence-electron chi connectivity index (χ3n) is 4.46. The maximum absolute atomic E-state index is 12.7. The molecular weight excluding hydrogens is 308 g/mol. The Labute approximate surface area is 143 Å². The van der Waals surface area contributed by atoms with Crippen LogP contribution in [0.2, 0.25) is 0 Å². The van der Waals surface area contributed by atoms with Crippen LogP contribution in [0.25, 0.3) is 0 Å². The standard InChI is InChI=1S/C18H26N2O4/c1-19(2)18(22)14-9-10-16(21)20(11-12-23-3)17(14)13-7-5-6-8-15(13)24-4/h5-8,14,17H,9-12H2,1-4H3/t14-,17+/m1/s1. The van der Waals surface area contributed by atoms with Gasteiger partial charge in [0, 0.05) is 39.7 Å². The summed E-state index contributed by atoms with van der Waals surface area (Å²) in [5, 5.41) is 0. The van der Waals surface area contributed by atoms with Crippen molar-refractivity contribution < 1.29 is 19.1 Å². The molecule has 0 saturated carbocycles. The highest BCUT2D eigenvalue weighted by Gasteiger charge is 2.42. The first-order chi connectivity index (χ1) is 11.5. The first-order valence-corrected chi connectivity index (χ1v) is 8.13. The molecule has 0 radical (unpaired) electrons. The van der Waals surface area contributed by atoms with Crippen LogP contribution in [0.1, 0.15) is 24.4 Å². The van der Waals surface area contributed by atoms with Crippen LogP contribution >= 0.6 is 0 Å². The second kappa shape index (κ2) is 8.15. The van der Waals surface area contributed by atoms with E-state index in [1.54, 1.807) is 38.1 Å². The molecule has 1 aliphatic heterocycles. The Bertz CT molecular complexity index is 588. The Kier molecular flexibility index (Phi) is 6.20. The smallest absolute Gasteiger partial charge is 0.227 e. The Balaban J connectivity index is 2.48. The molecule has 1 fully saturated rings. The molecular formula is C18H26N2O4. The molecule has 0 unspecified atom stereocenters. The summed E-state index contributed by atoms with van der Waals surface area (Å²) in [6, 6.07) is 7.24. The minimum atomic E-state index is -0.340. The second-order valence-corrected chi connectivity index (χ2v) is 6.14. The van der Waals surface area contributed by atoms with Gasteiger partial charge in [0.2, 0.25) is 11.8 Å². The molecule has 0 spiro atoms. The van der Waals surface area contributed by atoms with Gasteiger partial charge in [-0.2, -0.15) is 0 Å². The monoisotopic (exact) mass is 334 g/mol. The number of piperidine rings is 1. The fourth-order valence-electron chi connectivity index (χ4n) is 3.29. The number of ether oxygens (including phenoxy) is 2. The third-order valence-corrected chi connectivity index (χ3v) is 4.46. The second-order valence-electron chi connectivity index (χ2n) is 6.14. The summed E-state index contributed by atoms with van der Waals surface area (Å²) in [5.74, 6) is 0.480. The first-order valence-electron chi connectivity index (χ1n) is 8.13. The minimum Gasteiger partial charge on any atom is -0.496 e. The number of carbonyl (C=O) groups is 2. The molecule has 1 aromatic carbocycles. The van der Waals surface area contributed by atoms with Gasteiger partial charge in [-0.05, 0) is 12.5 Å². The van der Waals surface area contributed by atoms with Gasteiger partial charge in [-0.15, -0.1) is 0 Å². The predicted octanol–water partition coefficient (Wildman–Crippen LogP) is 1.71. The zero-order chi connectivity index (χ0) is 17.7. The van der Waals surface area contributed by atoms with Crippen LogP contribution in [0.4, 0.5) is 0 Å². The van der Waals surface area contributed by atoms with Crippen LogP contribution < -0.4 is 4.74 Å². The zero-order valence-corrected chi connectivity index (χ0v) is 14.8. The predicted molar refractivity (Wildman–Crippen MR) is 90.7 cm³/mol. The summed E-state index contributed by atoms with van der Waals surface area (Å²) < 4.78 is 10.6. The summed E-state index contributed by atoms with van der Waals surface area (Å²) in [4.78, 5) is 28.6. The van der Waals surface area contributed by atoms with E-state index in [0.29, 0.717) is 31.7 Å². The SMILES string of the molecule is COCCN1C(=O)CC[C@@H](C(=O)N(C)C)[C@@H]1c1ccccc1OC. The lowest BCUT2D eigenvalue weighted by Crippen LogP contribution is -2.48. The van der Waals surface area contributed by atoms with Gasteiger partial charge in [0.25, 0.3) is 0 Å². The van der Waals surface area contributed by atoms with E-state index >= 15 is 0 Å². The number of carbonyl (C=O) groups excluding carboxylic acids is 2. The van der Waals surface area contributed by atoms with Crippen molar-refractivity contribution in [2.45, 2.75) is 18.9 Å². The minimum absolute atomic E-state index is 0.0285. The van der Waals surface area contributed by atoms with Crippen molar-refractivity contribution in [2.24, 2.45) is 5.92 Å². The summed E-state index contributed by atoms with van der Waals surface area (Å²) in [7, 11) is 6.70. The van der Waals surface area contributed by atoms with E-state index in [9.17, 15) is 9.59 Å². The lowest BCUT2D eigenvalue weighted by molar-refractivity contribution is -0.147. The van der Waals surface area contributed by atoms with E-state index < -0.39 is 0 Å². The van der Waals surface area contributed by atoms with Crippen LogP contribution in [0, 0.1) is 5.92 Å².